The zero-order valence-corrected chi connectivity index (χ0v) is 8.05. The molecule has 0 spiro atoms. The van der Waals surface area contributed by atoms with Crippen molar-refractivity contribution in [2.24, 2.45) is 5.73 Å². The molecule has 0 aliphatic carbocycles. The molecule has 1 aliphatic rings. The van der Waals surface area contributed by atoms with Crippen LogP contribution in [0, 0.1) is 0 Å². The predicted molar refractivity (Wildman–Crippen MR) is 49.1 cm³/mol. The van der Waals surface area contributed by atoms with Gasteiger partial charge in [-0.15, -0.1) is 11.6 Å². The van der Waals surface area contributed by atoms with Crippen molar-refractivity contribution in [3.8, 4) is 0 Å². The third kappa shape index (κ3) is 2.73. The van der Waals surface area contributed by atoms with Gasteiger partial charge in [-0.05, 0) is 19.8 Å². The molecule has 70 valence electrons. The molecule has 4 heteroatoms. The minimum Gasteiger partial charge on any atom is -0.316 e. The molecule has 2 N–H and O–H groups in total. The SMILES string of the molecule is CC(=O)CN1CC(Cl)CCC1N. The zero-order valence-electron chi connectivity index (χ0n) is 7.29. The number of hydrogen-bond acceptors (Lipinski definition) is 3. The Balaban J connectivity index is 2.43. The molecule has 1 fully saturated rings. The zero-order chi connectivity index (χ0) is 9.14. The van der Waals surface area contributed by atoms with Gasteiger partial charge in [0.15, 0.2) is 0 Å². The van der Waals surface area contributed by atoms with E-state index < -0.39 is 0 Å². The highest BCUT2D eigenvalue weighted by Crippen LogP contribution is 2.17. The Hall–Kier alpha value is -0.120. The number of nitrogens with two attached hydrogens (primary N) is 1. The lowest BCUT2D eigenvalue weighted by atomic mass is 10.1. The van der Waals surface area contributed by atoms with Crippen LogP contribution >= 0.6 is 11.6 Å². The van der Waals surface area contributed by atoms with Crippen LogP contribution in [0.25, 0.3) is 0 Å². The molecule has 0 radical (unpaired) electrons. The highest BCUT2D eigenvalue weighted by Gasteiger charge is 2.24. The van der Waals surface area contributed by atoms with E-state index in [1.165, 1.54) is 0 Å². The number of carbonyl (C=O) groups excluding carboxylic acids is 1. The molecule has 0 aromatic heterocycles. The minimum absolute atomic E-state index is 0.0175. The van der Waals surface area contributed by atoms with Crippen molar-refractivity contribution in [2.75, 3.05) is 13.1 Å². The summed E-state index contributed by atoms with van der Waals surface area (Å²) in [6.07, 6.45) is 1.86. The van der Waals surface area contributed by atoms with Gasteiger partial charge in [-0.2, -0.15) is 0 Å². The second-order valence-corrected chi connectivity index (χ2v) is 3.99. The maximum atomic E-state index is 10.8. The van der Waals surface area contributed by atoms with Crippen LogP contribution < -0.4 is 5.73 Å². The summed E-state index contributed by atoms with van der Waals surface area (Å²) < 4.78 is 0. The second-order valence-electron chi connectivity index (χ2n) is 3.37. The summed E-state index contributed by atoms with van der Waals surface area (Å²) in [6, 6.07) is 0. The maximum Gasteiger partial charge on any atom is 0.143 e. The first-order valence-corrected chi connectivity index (χ1v) is 4.66. The van der Waals surface area contributed by atoms with Gasteiger partial charge in [-0.3, -0.25) is 9.69 Å². The van der Waals surface area contributed by atoms with Gasteiger partial charge in [0.05, 0.1) is 12.7 Å². The molecule has 0 aromatic carbocycles. The van der Waals surface area contributed by atoms with E-state index in [4.69, 9.17) is 17.3 Å². The van der Waals surface area contributed by atoms with Crippen molar-refractivity contribution in [1.29, 1.82) is 0 Å². The lowest BCUT2D eigenvalue weighted by Crippen LogP contribution is -2.50. The summed E-state index contributed by atoms with van der Waals surface area (Å²) >= 11 is 5.95. The number of piperidine rings is 1. The third-order valence-electron chi connectivity index (χ3n) is 2.10. The summed E-state index contributed by atoms with van der Waals surface area (Å²) in [7, 11) is 0. The normalized spacial score (nSPS) is 31.9. The average molecular weight is 191 g/mol. The van der Waals surface area contributed by atoms with Crippen molar-refractivity contribution in [1.82, 2.24) is 4.90 Å². The molecule has 0 aromatic rings. The van der Waals surface area contributed by atoms with Crippen LogP contribution in [0.15, 0.2) is 0 Å². The van der Waals surface area contributed by atoms with Gasteiger partial charge in [0.25, 0.3) is 0 Å². The van der Waals surface area contributed by atoms with E-state index in [1.54, 1.807) is 6.92 Å². The number of nitrogens with zero attached hydrogens (tertiary/aromatic N) is 1. The molecular formula is C8H15ClN2O. The van der Waals surface area contributed by atoms with E-state index in [0.29, 0.717) is 6.54 Å². The quantitative estimate of drug-likeness (QED) is 0.648. The van der Waals surface area contributed by atoms with E-state index in [2.05, 4.69) is 0 Å². The summed E-state index contributed by atoms with van der Waals surface area (Å²) in [5.41, 5.74) is 5.80. The number of halogens is 1. The van der Waals surface area contributed by atoms with Crippen LogP contribution in [0.4, 0.5) is 0 Å². The summed E-state index contributed by atoms with van der Waals surface area (Å²) in [5.74, 6) is 0.149. The Kier molecular flexibility index (Phi) is 3.50. The van der Waals surface area contributed by atoms with Crippen LogP contribution in [0.2, 0.25) is 0 Å². The van der Waals surface area contributed by atoms with Crippen molar-refractivity contribution < 1.29 is 4.79 Å². The molecular weight excluding hydrogens is 176 g/mol. The van der Waals surface area contributed by atoms with Crippen LogP contribution in [0.5, 0.6) is 0 Å². The van der Waals surface area contributed by atoms with E-state index in [9.17, 15) is 4.79 Å². The van der Waals surface area contributed by atoms with Crippen LogP contribution in [-0.4, -0.2) is 35.3 Å². The van der Waals surface area contributed by atoms with Gasteiger partial charge in [0.2, 0.25) is 0 Å². The Bertz CT molecular complexity index is 174. The van der Waals surface area contributed by atoms with E-state index in [1.807, 2.05) is 4.90 Å². The fourth-order valence-corrected chi connectivity index (χ4v) is 1.79. The van der Waals surface area contributed by atoms with Crippen molar-refractivity contribution in [3.63, 3.8) is 0 Å². The first-order chi connectivity index (χ1) is 5.59. The van der Waals surface area contributed by atoms with Gasteiger partial charge in [-0.25, -0.2) is 0 Å². The first kappa shape index (κ1) is 9.96. The Morgan fingerprint density at radius 2 is 2.33 bits per heavy atom. The topological polar surface area (TPSA) is 46.3 Å². The Morgan fingerprint density at radius 1 is 1.67 bits per heavy atom. The lowest BCUT2D eigenvalue weighted by Gasteiger charge is -2.34. The largest absolute Gasteiger partial charge is 0.316 e. The monoisotopic (exact) mass is 190 g/mol. The Morgan fingerprint density at radius 3 is 2.92 bits per heavy atom. The van der Waals surface area contributed by atoms with Crippen LogP contribution in [0.1, 0.15) is 19.8 Å². The van der Waals surface area contributed by atoms with Gasteiger partial charge in [0, 0.05) is 11.9 Å². The van der Waals surface area contributed by atoms with Gasteiger partial charge in [-0.1, -0.05) is 0 Å². The molecule has 0 amide bonds. The Labute approximate surface area is 77.9 Å². The average Bonchev–Trinajstić information content (AvgIpc) is 1.96. The third-order valence-corrected chi connectivity index (χ3v) is 2.46. The van der Waals surface area contributed by atoms with Crippen molar-refractivity contribution in [2.45, 2.75) is 31.3 Å². The first-order valence-electron chi connectivity index (χ1n) is 4.22. The molecule has 1 aliphatic heterocycles. The molecule has 3 nitrogen and oxygen atoms in total. The summed E-state index contributed by atoms with van der Waals surface area (Å²) in [6.45, 7) is 2.75. The summed E-state index contributed by atoms with van der Waals surface area (Å²) in [5, 5.41) is 0.157. The van der Waals surface area contributed by atoms with Crippen molar-refractivity contribution >= 4 is 17.4 Å². The van der Waals surface area contributed by atoms with Gasteiger partial charge in [0.1, 0.15) is 5.78 Å². The smallest absolute Gasteiger partial charge is 0.143 e. The number of alkyl halides is 1. The number of Topliss-reactive ketones (excluding diaryl/α,β-unsaturated/α-hetero) is 1. The standard InChI is InChI=1S/C8H15ClN2O/c1-6(12)4-11-5-7(9)2-3-8(11)10/h7-8H,2-5,10H2,1H3. The molecule has 2 unspecified atom stereocenters. The fraction of sp³-hybridized carbons (Fsp3) is 0.875. The number of hydrogen-bond donors (Lipinski definition) is 1. The highest BCUT2D eigenvalue weighted by atomic mass is 35.5. The van der Waals surface area contributed by atoms with E-state index in [0.717, 1.165) is 19.4 Å². The minimum atomic E-state index is 0.0175. The fourth-order valence-electron chi connectivity index (χ4n) is 1.48. The predicted octanol–water partition coefficient (Wildman–Crippen LogP) is 0.563. The molecule has 1 heterocycles. The summed E-state index contributed by atoms with van der Waals surface area (Å²) in [4.78, 5) is 12.8. The molecule has 0 bridgehead atoms. The number of ketones is 1. The second kappa shape index (κ2) is 4.21. The number of likely N-dealkylation sites (tertiary alicyclic amines) is 1. The molecule has 12 heavy (non-hydrogen) atoms. The number of rotatable bonds is 2. The molecule has 2 atom stereocenters. The lowest BCUT2D eigenvalue weighted by molar-refractivity contribution is -0.118. The van der Waals surface area contributed by atoms with E-state index in [-0.39, 0.29) is 17.3 Å². The van der Waals surface area contributed by atoms with Crippen molar-refractivity contribution in [3.05, 3.63) is 0 Å². The van der Waals surface area contributed by atoms with Gasteiger partial charge < -0.3 is 5.73 Å². The molecule has 1 saturated heterocycles. The number of carbonyl (C=O) groups is 1. The highest BCUT2D eigenvalue weighted by molar-refractivity contribution is 6.20. The van der Waals surface area contributed by atoms with Crippen LogP contribution in [-0.2, 0) is 4.79 Å². The van der Waals surface area contributed by atoms with Crippen LogP contribution in [0.3, 0.4) is 0 Å². The molecule has 1 rings (SSSR count). The molecule has 0 saturated carbocycles. The maximum absolute atomic E-state index is 10.8. The van der Waals surface area contributed by atoms with E-state index >= 15 is 0 Å². The van der Waals surface area contributed by atoms with Gasteiger partial charge >= 0.3 is 0 Å².